The number of rotatable bonds is 3. The van der Waals surface area contributed by atoms with Crippen molar-refractivity contribution in [1.29, 1.82) is 0 Å². The van der Waals surface area contributed by atoms with Crippen molar-refractivity contribution in [3.05, 3.63) is 42.2 Å². The molecule has 0 saturated carbocycles. The van der Waals surface area contributed by atoms with Crippen LogP contribution < -0.4 is 10.6 Å². The maximum Gasteiger partial charge on any atom is 0.159 e. The van der Waals surface area contributed by atoms with E-state index in [1.807, 2.05) is 26.2 Å². The molecule has 0 atom stereocenters. The fraction of sp³-hybridized carbons (Fsp3) is 0.231. The Labute approximate surface area is 101 Å². The van der Waals surface area contributed by atoms with Gasteiger partial charge in [-0.3, -0.25) is 0 Å². The molecule has 0 fully saturated rings. The Hall–Kier alpha value is -1.94. The van der Waals surface area contributed by atoms with E-state index in [-0.39, 0.29) is 0 Å². The van der Waals surface area contributed by atoms with Gasteiger partial charge in [-0.2, -0.15) is 0 Å². The summed E-state index contributed by atoms with van der Waals surface area (Å²) >= 11 is 0. The fourth-order valence-corrected chi connectivity index (χ4v) is 1.52. The maximum atomic E-state index is 5.51. The topological polar surface area (TPSA) is 55.0 Å². The average molecular weight is 228 g/mol. The van der Waals surface area contributed by atoms with Crippen molar-refractivity contribution in [3.63, 3.8) is 0 Å². The lowest BCUT2D eigenvalue weighted by Gasteiger charge is -2.12. The molecule has 2 aromatic rings. The Kier molecular flexibility index (Phi) is 3.35. The first-order chi connectivity index (χ1) is 8.20. The monoisotopic (exact) mass is 228 g/mol. The third kappa shape index (κ3) is 2.60. The van der Waals surface area contributed by atoms with E-state index in [1.54, 1.807) is 12.4 Å². The average Bonchev–Trinajstić information content (AvgIpc) is 2.39. The van der Waals surface area contributed by atoms with Crippen molar-refractivity contribution in [2.24, 2.45) is 5.73 Å². The molecule has 0 aliphatic carbocycles. The molecule has 2 N–H and O–H groups in total. The third-order valence-corrected chi connectivity index (χ3v) is 2.58. The summed E-state index contributed by atoms with van der Waals surface area (Å²) in [6.45, 7) is 0.472. The second-order valence-corrected chi connectivity index (χ2v) is 4.06. The predicted molar refractivity (Wildman–Crippen MR) is 69.7 cm³/mol. The highest BCUT2D eigenvalue weighted by Crippen LogP contribution is 2.18. The second kappa shape index (κ2) is 4.93. The van der Waals surface area contributed by atoms with Crippen LogP contribution in [0.25, 0.3) is 11.4 Å². The van der Waals surface area contributed by atoms with Crippen LogP contribution in [0, 0.1) is 0 Å². The van der Waals surface area contributed by atoms with Crippen LogP contribution in [-0.4, -0.2) is 24.1 Å². The third-order valence-electron chi connectivity index (χ3n) is 2.58. The highest BCUT2D eigenvalue weighted by atomic mass is 15.1. The van der Waals surface area contributed by atoms with Gasteiger partial charge >= 0.3 is 0 Å². The molecular weight excluding hydrogens is 212 g/mol. The zero-order chi connectivity index (χ0) is 12.3. The first kappa shape index (κ1) is 11.5. The molecule has 0 aliphatic rings. The molecule has 0 spiro atoms. The van der Waals surface area contributed by atoms with Gasteiger partial charge in [-0.05, 0) is 24.3 Å². The highest BCUT2D eigenvalue weighted by Gasteiger charge is 2.01. The summed E-state index contributed by atoms with van der Waals surface area (Å²) in [7, 11) is 4.03. The summed E-state index contributed by atoms with van der Waals surface area (Å²) in [6, 6.07) is 8.14. The number of aromatic nitrogens is 2. The lowest BCUT2D eigenvalue weighted by Crippen LogP contribution is -2.08. The van der Waals surface area contributed by atoms with Crippen LogP contribution in [-0.2, 0) is 6.54 Å². The first-order valence-electron chi connectivity index (χ1n) is 5.49. The molecule has 2 rings (SSSR count). The van der Waals surface area contributed by atoms with Crippen molar-refractivity contribution in [1.82, 2.24) is 9.97 Å². The maximum absolute atomic E-state index is 5.51. The van der Waals surface area contributed by atoms with Gasteiger partial charge in [-0.25, -0.2) is 9.97 Å². The van der Waals surface area contributed by atoms with Crippen molar-refractivity contribution in [2.75, 3.05) is 19.0 Å². The van der Waals surface area contributed by atoms with E-state index in [2.05, 4.69) is 27.0 Å². The van der Waals surface area contributed by atoms with E-state index < -0.39 is 0 Å². The number of hydrogen-bond acceptors (Lipinski definition) is 4. The van der Waals surface area contributed by atoms with E-state index >= 15 is 0 Å². The number of benzene rings is 1. The summed E-state index contributed by atoms with van der Waals surface area (Å²) < 4.78 is 0. The molecule has 1 aromatic heterocycles. The van der Waals surface area contributed by atoms with Crippen molar-refractivity contribution < 1.29 is 0 Å². The van der Waals surface area contributed by atoms with E-state index in [4.69, 9.17) is 5.73 Å². The second-order valence-electron chi connectivity index (χ2n) is 4.06. The predicted octanol–water partition coefficient (Wildman–Crippen LogP) is 1.67. The lowest BCUT2D eigenvalue weighted by atomic mass is 10.2. The Bertz CT molecular complexity index is 474. The molecule has 1 heterocycles. The molecule has 0 saturated heterocycles. The van der Waals surface area contributed by atoms with Crippen LogP contribution in [0.15, 0.2) is 36.7 Å². The first-order valence-corrected chi connectivity index (χ1v) is 5.49. The van der Waals surface area contributed by atoms with Gasteiger partial charge in [0.25, 0.3) is 0 Å². The minimum Gasteiger partial charge on any atom is -0.378 e. The van der Waals surface area contributed by atoms with Crippen molar-refractivity contribution in [2.45, 2.75) is 6.54 Å². The minimum absolute atomic E-state index is 0.472. The minimum atomic E-state index is 0.472. The smallest absolute Gasteiger partial charge is 0.159 e. The number of nitrogens with two attached hydrogens (primary N) is 1. The standard InChI is InChI=1S/C13H16N4/c1-17(2)12-5-3-11(4-6-12)13-15-8-10(7-14)9-16-13/h3-6,8-9H,7,14H2,1-2H3. The van der Waals surface area contributed by atoms with E-state index in [0.717, 1.165) is 22.6 Å². The summed E-state index contributed by atoms with van der Waals surface area (Å²) in [6.07, 6.45) is 3.53. The zero-order valence-electron chi connectivity index (χ0n) is 10.1. The van der Waals surface area contributed by atoms with Crippen LogP contribution in [0.4, 0.5) is 5.69 Å². The Balaban J connectivity index is 2.26. The molecule has 17 heavy (non-hydrogen) atoms. The Morgan fingerprint density at radius 3 is 2.12 bits per heavy atom. The number of hydrogen-bond donors (Lipinski definition) is 1. The number of nitrogens with zero attached hydrogens (tertiary/aromatic N) is 3. The molecule has 1 aromatic carbocycles. The van der Waals surface area contributed by atoms with Gasteiger partial charge in [0, 0.05) is 49.8 Å². The van der Waals surface area contributed by atoms with Crippen LogP contribution in [0.5, 0.6) is 0 Å². The van der Waals surface area contributed by atoms with Gasteiger partial charge in [0.05, 0.1) is 0 Å². The van der Waals surface area contributed by atoms with Crippen LogP contribution in [0.2, 0.25) is 0 Å². The van der Waals surface area contributed by atoms with Gasteiger partial charge in [0.2, 0.25) is 0 Å². The van der Waals surface area contributed by atoms with Gasteiger partial charge in [0.15, 0.2) is 5.82 Å². The van der Waals surface area contributed by atoms with Gasteiger partial charge < -0.3 is 10.6 Å². The molecular formula is C13H16N4. The molecule has 4 nitrogen and oxygen atoms in total. The largest absolute Gasteiger partial charge is 0.378 e. The summed E-state index contributed by atoms with van der Waals surface area (Å²) in [5.41, 5.74) is 8.62. The SMILES string of the molecule is CN(C)c1ccc(-c2ncc(CN)cn2)cc1. The quantitative estimate of drug-likeness (QED) is 0.868. The van der Waals surface area contributed by atoms with Crippen molar-refractivity contribution >= 4 is 5.69 Å². The van der Waals surface area contributed by atoms with Crippen LogP contribution >= 0.6 is 0 Å². The Morgan fingerprint density at radius 2 is 1.65 bits per heavy atom. The summed E-state index contributed by atoms with van der Waals surface area (Å²) in [5.74, 6) is 0.729. The summed E-state index contributed by atoms with van der Waals surface area (Å²) in [4.78, 5) is 10.6. The number of anilines is 1. The van der Waals surface area contributed by atoms with E-state index in [0.29, 0.717) is 6.54 Å². The van der Waals surface area contributed by atoms with Gasteiger partial charge in [-0.1, -0.05) is 0 Å². The van der Waals surface area contributed by atoms with E-state index in [1.165, 1.54) is 0 Å². The van der Waals surface area contributed by atoms with Gasteiger partial charge in [0.1, 0.15) is 0 Å². The molecule has 0 aliphatic heterocycles. The molecule has 88 valence electrons. The van der Waals surface area contributed by atoms with Crippen LogP contribution in [0.3, 0.4) is 0 Å². The fourth-order valence-electron chi connectivity index (χ4n) is 1.52. The molecule has 0 unspecified atom stereocenters. The normalized spacial score (nSPS) is 10.3. The van der Waals surface area contributed by atoms with E-state index in [9.17, 15) is 0 Å². The molecule has 0 amide bonds. The lowest BCUT2D eigenvalue weighted by molar-refractivity contribution is 1.01. The van der Waals surface area contributed by atoms with Crippen LogP contribution in [0.1, 0.15) is 5.56 Å². The molecule has 0 bridgehead atoms. The molecule has 0 radical (unpaired) electrons. The van der Waals surface area contributed by atoms with Crippen molar-refractivity contribution in [3.8, 4) is 11.4 Å². The summed E-state index contributed by atoms with van der Waals surface area (Å²) in [5, 5.41) is 0. The van der Waals surface area contributed by atoms with Gasteiger partial charge in [-0.15, -0.1) is 0 Å². The Morgan fingerprint density at radius 1 is 1.06 bits per heavy atom. The highest BCUT2D eigenvalue weighted by molar-refractivity contribution is 5.59. The molecule has 4 heteroatoms. The zero-order valence-corrected chi connectivity index (χ0v) is 10.1.